The van der Waals surface area contributed by atoms with Gasteiger partial charge in [0.2, 0.25) is 5.43 Å². The van der Waals surface area contributed by atoms with E-state index >= 15 is 4.39 Å². The number of carboxylic acids is 1. The largest absolute Gasteiger partial charge is 0.477 e. The molecule has 1 aromatic heterocycles. The molecule has 1 aromatic carbocycles. The standard InChI is InChI=1S/C17H16F2N2O3.C2H7N/c1-17(6-20-7-17)12-11(18)4-9-14(13(12)19)21(8-2-3-8)5-10(15(9)22)16(23)24;1-3-2/h4-5,8,20H,2-3,6-7H2,1H3,(H,23,24);3H,1-2H3. The van der Waals surface area contributed by atoms with Crippen molar-refractivity contribution in [2.24, 2.45) is 0 Å². The predicted molar refractivity (Wildman–Crippen MR) is 98.6 cm³/mol. The first-order valence-corrected chi connectivity index (χ1v) is 8.85. The Kier molecular flexibility index (Phi) is 5.05. The van der Waals surface area contributed by atoms with Crippen LogP contribution in [0, 0.1) is 11.6 Å². The third kappa shape index (κ3) is 3.23. The summed E-state index contributed by atoms with van der Waals surface area (Å²) in [5.74, 6) is -2.95. The van der Waals surface area contributed by atoms with Gasteiger partial charge in [0.05, 0.1) is 10.9 Å². The fourth-order valence-electron chi connectivity index (χ4n) is 3.46. The Balaban J connectivity index is 0.000000659. The molecule has 2 heterocycles. The fraction of sp³-hybridized carbons (Fsp3) is 0.474. The molecule has 0 amide bonds. The molecule has 0 bridgehead atoms. The fourth-order valence-corrected chi connectivity index (χ4v) is 3.46. The van der Waals surface area contributed by atoms with Crippen molar-refractivity contribution in [2.75, 3.05) is 27.2 Å². The summed E-state index contributed by atoms with van der Waals surface area (Å²) >= 11 is 0. The van der Waals surface area contributed by atoms with E-state index in [2.05, 4.69) is 10.6 Å². The molecule has 2 aliphatic rings. The monoisotopic (exact) mass is 379 g/mol. The van der Waals surface area contributed by atoms with E-state index < -0.39 is 34.0 Å². The summed E-state index contributed by atoms with van der Waals surface area (Å²) in [5.41, 5.74) is -2.01. The molecule has 0 spiro atoms. The van der Waals surface area contributed by atoms with Gasteiger partial charge in [0.15, 0.2) is 5.82 Å². The van der Waals surface area contributed by atoms with Crippen LogP contribution in [0.15, 0.2) is 17.1 Å². The number of aromatic nitrogens is 1. The van der Waals surface area contributed by atoms with Gasteiger partial charge >= 0.3 is 5.97 Å². The SMILES string of the molecule is CC1(c2c(F)cc3c(=O)c(C(=O)O)cn(C4CC4)c3c2F)CNC1.CNC. The van der Waals surface area contributed by atoms with Gasteiger partial charge in [-0.2, -0.15) is 0 Å². The Hall–Kier alpha value is -2.32. The van der Waals surface area contributed by atoms with Gasteiger partial charge in [-0.1, -0.05) is 6.92 Å². The van der Waals surface area contributed by atoms with Gasteiger partial charge in [-0.3, -0.25) is 4.79 Å². The molecule has 27 heavy (non-hydrogen) atoms. The van der Waals surface area contributed by atoms with E-state index in [0.29, 0.717) is 13.1 Å². The maximum atomic E-state index is 15.2. The highest BCUT2D eigenvalue weighted by atomic mass is 19.1. The van der Waals surface area contributed by atoms with Crippen molar-refractivity contribution in [2.45, 2.75) is 31.2 Å². The van der Waals surface area contributed by atoms with Gasteiger partial charge < -0.3 is 20.3 Å². The number of rotatable bonds is 3. The molecule has 1 aliphatic carbocycles. The third-order valence-electron chi connectivity index (χ3n) is 5.01. The minimum atomic E-state index is -1.39. The van der Waals surface area contributed by atoms with Crippen LogP contribution in [0.3, 0.4) is 0 Å². The number of hydrogen-bond acceptors (Lipinski definition) is 4. The molecule has 3 N–H and O–H groups in total. The number of halogens is 2. The quantitative estimate of drug-likeness (QED) is 0.760. The number of aromatic carboxylic acids is 1. The second-order valence-corrected chi connectivity index (χ2v) is 7.42. The zero-order chi connectivity index (χ0) is 19.9. The minimum absolute atomic E-state index is 0.0111. The van der Waals surface area contributed by atoms with E-state index in [-0.39, 0.29) is 22.5 Å². The molecule has 8 heteroatoms. The van der Waals surface area contributed by atoms with E-state index in [9.17, 15) is 19.1 Å². The molecule has 0 atom stereocenters. The first kappa shape index (κ1) is 19.4. The van der Waals surface area contributed by atoms with E-state index in [0.717, 1.165) is 18.9 Å². The molecule has 1 aliphatic heterocycles. The zero-order valence-electron chi connectivity index (χ0n) is 15.5. The van der Waals surface area contributed by atoms with Crippen LogP contribution < -0.4 is 16.1 Å². The topological polar surface area (TPSA) is 83.4 Å². The lowest BCUT2D eigenvalue weighted by molar-refractivity contribution is 0.0694. The molecule has 6 nitrogen and oxygen atoms in total. The first-order valence-electron chi connectivity index (χ1n) is 8.85. The van der Waals surface area contributed by atoms with E-state index in [1.807, 2.05) is 14.1 Å². The highest BCUT2D eigenvalue weighted by molar-refractivity contribution is 5.93. The van der Waals surface area contributed by atoms with Crippen LogP contribution in [0.1, 0.15) is 41.7 Å². The van der Waals surface area contributed by atoms with E-state index in [1.54, 1.807) is 6.92 Å². The van der Waals surface area contributed by atoms with Crippen LogP contribution in [0.25, 0.3) is 10.9 Å². The lowest BCUT2D eigenvalue weighted by Gasteiger charge is -2.40. The number of pyridine rings is 1. The van der Waals surface area contributed by atoms with Crippen LogP contribution in [0.4, 0.5) is 8.78 Å². The van der Waals surface area contributed by atoms with Gasteiger partial charge in [0.25, 0.3) is 0 Å². The zero-order valence-corrected chi connectivity index (χ0v) is 15.5. The molecular formula is C19H23F2N3O3. The van der Waals surface area contributed by atoms with E-state index in [4.69, 9.17) is 0 Å². The molecule has 146 valence electrons. The molecule has 1 saturated heterocycles. The maximum absolute atomic E-state index is 15.2. The second-order valence-electron chi connectivity index (χ2n) is 7.42. The van der Waals surface area contributed by atoms with Crippen molar-refractivity contribution in [1.29, 1.82) is 0 Å². The summed E-state index contributed by atoms with van der Waals surface area (Å²) in [6.45, 7) is 2.67. The molecule has 1 saturated carbocycles. The normalized spacial score (nSPS) is 17.8. The highest BCUT2D eigenvalue weighted by Crippen LogP contribution is 2.40. The number of hydrogen-bond donors (Lipinski definition) is 3. The number of carboxylic acid groups (broad SMARTS) is 1. The Labute approximate surface area is 155 Å². The molecule has 0 unspecified atom stereocenters. The molecule has 4 rings (SSSR count). The third-order valence-corrected chi connectivity index (χ3v) is 5.01. The van der Waals surface area contributed by atoms with Crippen molar-refractivity contribution < 1.29 is 18.7 Å². The van der Waals surface area contributed by atoms with Crippen molar-refractivity contribution in [1.82, 2.24) is 15.2 Å². The summed E-state index contributed by atoms with van der Waals surface area (Å²) in [6, 6.07) is 0.941. The summed E-state index contributed by atoms with van der Waals surface area (Å²) in [6.07, 6.45) is 2.75. The predicted octanol–water partition coefficient (Wildman–Crippen LogP) is 2.01. The lowest BCUT2D eigenvalue weighted by Crippen LogP contribution is -2.55. The number of fused-ring (bicyclic) bond motifs is 1. The van der Waals surface area contributed by atoms with Crippen molar-refractivity contribution in [3.63, 3.8) is 0 Å². The van der Waals surface area contributed by atoms with Gasteiger partial charge in [-0.15, -0.1) is 0 Å². The van der Waals surface area contributed by atoms with Crippen LogP contribution >= 0.6 is 0 Å². The lowest BCUT2D eigenvalue weighted by atomic mass is 9.76. The minimum Gasteiger partial charge on any atom is -0.477 e. The van der Waals surface area contributed by atoms with Gasteiger partial charge in [-0.05, 0) is 33.0 Å². The molecular weight excluding hydrogens is 356 g/mol. The number of nitrogens with one attached hydrogen (secondary N) is 2. The summed E-state index contributed by atoms with van der Waals surface area (Å²) in [4.78, 5) is 23.7. The average Bonchev–Trinajstić information content (AvgIpc) is 3.39. The number of carbonyl (C=O) groups is 1. The average molecular weight is 379 g/mol. The maximum Gasteiger partial charge on any atom is 0.341 e. The highest BCUT2D eigenvalue weighted by Gasteiger charge is 2.40. The number of nitrogens with zero attached hydrogens (tertiary/aromatic N) is 1. The Morgan fingerprint density at radius 1 is 1.33 bits per heavy atom. The summed E-state index contributed by atoms with van der Waals surface area (Å²) in [7, 11) is 3.75. The van der Waals surface area contributed by atoms with Crippen LogP contribution in [-0.2, 0) is 5.41 Å². The summed E-state index contributed by atoms with van der Waals surface area (Å²) in [5, 5.41) is 14.8. The van der Waals surface area contributed by atoms with E-state index in [1.165, 1.54) is 10.8 Å². The molecule has 2 aromatic rings. The Bertz CT molecular complexity index is 963. The molecule has 0 radical (unpaired) electrons. The Morgan fingerprint density at radius 2 is 1.93 bits per heavy atom. The van der Waals surface area contributed by atoms with Crippen LogP contribution in [-0.4, -0.2) is 42.8 Å². The Morgan fingerprint density at radius 3 is 2.37 bits per heavy atom. The van der Waals surface area contributed by atoms with Crippen LogP contribution in [0.2, 0.25) is 0 Å². The van der Waals surface area contributed by atoms with Crippen LogP contribution in [0.5, 0.6) is 0 Å². The molecule has 2 fully saturated rings. The van der Waals surface area contributed by atoms with Gasteiger partial charge in [0.1, 0.15) is 11.4 Å². The second kappa shape index (κ2) is 7.01. The van der Waals surface area contributed by atoms with Gasteiger partial charge in [0, 0.05) is 36.3 Å². The van der Waals surface area contributed by atoms with Gasteiger partial charge in [-0.25, -0.2) is 13.6 Å². The first-order chi connectivity index (χ1) is 12.7. The summed E-state index contributed by atoms with van der Waals surface area (Å²) < 4.78 is 31.3. The van der Waals surface area contributed by atoms with Crippen molar-refractivity contribution in [3.8, 4) is 0 Å². The smallest absolute Gasteiger partial charge is 0.341 e. The van der Waals surface area contributed by atoms with Crippen molar-refractivity contribution >= 4 is 16.9 Å². The number of benzene rings is 1. The van der Waals surface area contributed by atoms with Crippen molar-refractivity contribution in [3.05, 3.63) is 45.2 Å².